The van der Waals surface area contributed by atoms with E-state index in [0.29, 0.717) is 0 Å². The highest BCUT2D eigenvalue weighted by molar-refractivity contribution is 5.69. The van der Waals surface area contributed by atoms with E-state index in [-0.39, 0.29) is 12.1 Å². The van der Waals surface area contributed by atoms with Gasteiger partial charge >= 0.3 is 0 Å². The van der Waals surface area contributed by atoms with Gasteiger partial charge in [-0.05, 0) is 69.0 Å². The summed E-state index contributed by atoms with van der Waals surface area (Å²) >= 11 is 0. The first kappa shape index (κ1) is 13.3. The van der Waals surface area contributed by atoms with E-state index >= 15 is 0 Å². The van der Waals surface area contributed by atoms with Crippen molar-refractivity contribution in [1.82, 2.24) is 4.57 Å². The number of anilines is 1. The lowest BCUT2D eigenvalue weighted by atomic mass is 9.88. The Bertz CT molecular complexity index is 644. The zero-order valence-electron chi connectivity index (χ0n) is 12.4. The fraction of sp³-hybridized carbons (Fsp3) is 0.412. The van der Waals surface area contributed by atoms with E-state index in [1.165, 1.54) is 28.2 Å². The summed E-state index contributed by atoms with van der Waals surface area (Å²) in [5.74, 6) is 0. The first-order valence-electron chi connectivity index (χ1n) is 7.24. The van der Waals surface area contributed by atoms with Gasteiger partial charge in [0, 0.05) is 18.5 Å². The van der Waals surface area contributed by atoms with Gasteiger partial charge in [-0.25, -0.2) is 0 Å². The van der Waals surface area contributed by atoms with Crippen molar-refractivity contribution in [2.24, 2.45) is 0 Å². The first-order valence-corrected chi connectivity index (χ1v) is 7.24. The molecule has 2 heterocycles. The molecule has 0 saturated carbocycles. The highest BCUT2D eigenvalue weighted by atomic mass is 16.2. The van der Waals surface area contributed by atoms with Gasteiger partial charge in [-0.1, -0.05) is 0 Å². The number of aryl methyl sites for hydroxylation is 2. The van der Waals surface area contributed by atoms with E-state index in [9.17, 15) is 0 Å². The molecule has 2 N–H and O–H groups in total. The van der Waals surface area contributed by atoms with Crippen LogP contribution in [-0.4, -0.2) is 16.3 Å². The molecule has 1 atom stereocenters. The predicted molar refractivity (Wildman–Crippen MR) is 82.5 cm³/mol. The molecule has 0 amide bonds. The van der Waals surface area contributed by atoms with Crippen molar-refractivity contribution in [3.8, 4) is 5.69 Å². The second kappa shape index (κ2) is 4.67. The van der Waals surface area contributed by atoms with Crippen LogP contribution in [0.25, 0.3) is 5.69 Å². The summed E-state index contributed by atoms with van der Waals surface area (Å²) in [6.07, 6.45) is 3.84. The lowest BCUT2D eigenvalue weighted by molar-refractivity contribution is 0.268. The topological polar surface area (TPSA) is 37.2 Å². The van der Waals surface area contributed by atoms with Gasteiger partial charge in [0.15, 0.2) is 0 Å². The third-order valence-electron chi connectivity index (χ3n) is 4.43. The van der Waals surface area contributed by atoms with Crippen molar-refractivity contribution in [1.29, 1.82) is 0 Å². The summed E-state index contributed by atoms with van der Waals surface area (Å²) in [4.78, 5) is 0. The Balaban J connectivity index is 2.13. The summed E-state index contributed by atoms with van der Waals surface area (Å²) in [5.41, 5.74) is 6.15. The molecule has 0 saturated heterocycles. The Hall–Kier alpha value is -1.74. The van der Waals surface area contributed by atoms with E-state index in [0.717, 1.165) is 12.8 Å². The van der Waals surface area contributed by atoms with E-state index < -0.39 is 0 Å². The van der Waals surface area contributed by atoms with E-state index in [4.69, 9.17) is 5.11 Å². The number of hydrogen-bond donors (Lipinski definition) is 2. The number of hydrogen-bond acceptors (Lipinski definition) is 2. The number of aliphatic hydroxyl groups is 1. The van der Waals surface area contributed by atoms with Crippen LogP contribution >= 0.6 is 0 Å². The summed E-state index contributed by atoms with van der Waals surface area (Å²) < 4.78 is 2.27. The Kier molecular flexibility index (Phi) is 3.09. The lowest BCUT2D eigenvalue weighted by Gasteiger charge is -2.39. The van der Waals surface area contributed by atoms with Gasteiger partial charge in [0.2, 0.25) is 0 Å². The van der Waals surface area contributed by atoms with Gasteiger partial charge in [-0.3, -0.25) is 0 Å². The second-order valence-corrected chi connectivity index (χ2v) is 6.00. The monoisotopic (exact) mass is 270 g/mol. The van der Waals surface area contributed by atoms with Gasteiger partial charge in [0.05, 0.1) is 16.9 Å². The van der Waals surface area contributed by atoms with E-state index in [2.05, 4.69) is 61.1 Å². The molecule has 3 rings (SSSR count). The number of rotatable bonds is 3. The Morgan fingerprint density at radius 2 is 2.00 bits per heavy atom. The molecule has 0 bridgehead atoms. The summed E-state index contributed by atoms with van der Waals surface area (Å²) in [6, 6.07) is 8.73. The molecule has 20 heavy (non-hydrogen) atoms. The SMILES string of the molecule is Cc1cc2c(cc1C)-n1cccc1[C@@](C)(CCCO)N2. The number of fused-ring (bicyclic) bond motifs is 3. The minimum atomic E-state index is -0.124. The summed E-state index contributed by atoms with van der Waals surface area (Å²) in [7, 11) is 0. The van der Waals surface area contributed by atoms with Crippen LogP contribution in [0, 0.1) is 13.8 Å². The third kappa shape index (κ3) is 1.93. The molecular weight excluding hydrogens is 248 g/mol. The van der Waals surface area contributed by atoms with Gasteiger partial charge in [-0.2, -0.15) is 0 Å². The Morgan fingerprint density at radius 3 is 2.75 bits per heavy atom. The second-order valence-electron chi connectivity index (χ2n) is 6.00. The van der Waals surface area contributed by atoms with Crippen molar-refractivity contribution in [3.63, 3.8) is 0 Å². The highest BCUT2D eigenvalue weighted by Gasteiger charge is 2.34. The molecule has 3 nitrogen and oxygen atoms in total. The van der Waals surface area contributed by atoms with Crippen LogP contribution in [0.1, 0.15) is 36.6 Å². The number of nitrogens with zero attached hydrogens (tertiary/aromatic N) is 1. The van der Waals surface area contributed by atoms with Gasteiger partial charge in [0.1, 0.15) is 0 Å². The molecule has 0 fully saturated rings. The van der Waals surface area contributed by atoms with Crippen molar-refractivity contribution < 1.29 is 5.11 Å². The minimum Gasteiger partial charge on any atom is -0.396 e. The molecule has 0 radical (unpaired) electrons. The largest absolute Gasteiger partial charge is 0.396 e. The smallest absolute Gasteiger partial charge is 0.0752 e. The van der Waals surface area contributed by atoms with Crippen LogP contribution in [0.3, 0.4) is 0 Å². The van der Waals surface area contributed by atoms with Crippen LogP contribution in [0.2, 0.25) is 0 Å². The van der Waals surface area contributed by atoms with Crippen LogP contribution in [-0.2, 0) is 5.54 Å². The van der Waals surface area contributed by atoms with Crippen LogP contribution in [0.15, 0.2) is 30.5 Å². The average molecular weight is 270 g/mol. The Labute approximate surface area is 120 Å². The average Bonchev–Trinajstić information content (AvgIpc) is 2.90. The predicted octanol–water partition coefficient (Wildman–Crippen LogP) is 3.51. The van der Waals surface area contributed by atoms with E-state index in [1.54, 1.807) is 0 Å². The molecule has 1 aliphatic rings. The van der Waals surface area contributed by atoms with Crippen LogP contribution in [0.5, 0.6) is 0 Å². The molecule has 106 valence electrons. The van der Waals surface area contributed by atoms with E-state index in [1.807, 2.05) is 0 Å². The van der Waals surface area contributed by atoms with Crippen molar-refractivity contribution >= 4 is 5.69 Å². The fourth-order valence-electron chi connectivity index (χ4n) is 3.13. The maximum atomic E-state index is 9.15. The number of nitrogens with one attached hydrogen (secondary N) is 1. The molecule has 0 spiro atoms. The molecule has 0 unspecified atom stereocenters. The molecule has 1 aromatic heterocycles. The molecule has 1 aromatic carbocycles. The van der Waals surface area contributed by atoms with Crippen LogP contribution in [0.4, 0.5) is 5.69 Å². The number of aromatic nitrogens is 1. The van der Waals surface area contributed by atoms with Crippen LogP contribution < -0.4 is 5.32 Å². The first-order chi connectivity index (χ1) is 9.55. The fourth-order valence-corrected chi connectivity index (χ4v) is 3.13. The summed E-state index contributed by atoms with van der Waals surface area (Å²) in [5, 5.41) is 12.8. The summed E-state index contributed by atoms with van der Waals surface area (Å²) in [6.45, 7) is 6.75. The Morgan fingerprint density at radius 1 is 1.25 bits per heavy atom. The van der Waals surface area contributed by atoms with Crippen molar-refractivity contribution in [2.45, 2.75) is 39.2 Å². The van der Waals surface area contributed by atoms with Gasteiger partial charge in [-0.15, -0.1) is 0 Å². The zero-order valence-corrected chi connectivity index (χ0v) is 12.4. The molecular formula is C17H22N2O. The highest BCUT2D eigenvalue weighted by Crippen LogP contribution is 2.40. The maximum Gasteiger partial charge on any atom is 0.0752 e. The molecule has 2 aromatic rings. The molecule has 0 aliphatic carbocycles. The lowest BCUT2D eigenvalue weighted by Crippen LogP contribution is -2.38. The minimum absolute atomic E-state index is 0.124. The zero-order chi connectivity index (χ0) is 14.3. The molecule has 3 heteroatoms. The quantitative estimate of drug-likeness (QED) is 0.895. The molecule has 1 aliphatic heterocycles. The third-order valence-corrected chi connectivity index (χ3v) is 4.43. The number of benzene rings is 1. The normalized spacial score (nSPS) is 20.2. The van der Waals surface area contributed by atoms with Crippen molar-refractivity contribution in [3.05, 3.63) is 47.3 Å². The maximum absolute atomic E-state index is 9.15. The van der Waals surface area contributed by atoms with Crippen molar-refractivity contribution in [2.75, 3.05) is 11.9 Å². The number of aliphatic hydroxyl groups excluding tert-OH is 1. The van der Waals surface area contributed by atoms with Gasteiger partial charge in [0.25, 0.3) is 0 Å². The standard InChI is InChI=1S/C17H22N2O/c1-12-10-14-15(11-13(12)2)19-8-4-6-16(19)17(3,18-14)7-5-9-20/h4,6,8,10-11,18,20H,5,7,9H2,1-3H3/t17-/m1/s1. The van der Waals surface area contributed by atoms with Gasteiger partial charge < -0.3 is 15.0 Å².